The van der Waals surface area contributed by atoms with Crippen LogP contribution in [0.3, 0.4) is 0 Å². The number of hydrogen-bond donors (Lipinski definition) is 1. The zero-order chi connectivity index (χ0) is 20.4. The van der Waals surface area contributed by atoms with E-state index in [4.69, 9.17) is 0 Å². The molecule has 29 heavy (non-hydrogen) atoms. The number of aromatic amines is 1. The van der Waals surface area contributed by atoms with Crippen LogP contribution in [0.2, 0.25) is 0 Å². The minimum Gasteiger partial charge on any atom is -0.335 e. The van der Waals surface area contributed by atoms with Crippen molar-refractivity contribution in [1.29, 1.82) is 0 Å². The molecule has 9 heteroatoms. The molecule has 1 aliphatic heterocycles. The lowest BCUT2D eigenvalue weighted by molar-refractivity contribution is -0.132. The van der Waals surface area contributed by atoms with Gasteiger partial charge in [0.25, 0.3) is 0 Å². The molecule has 0 bridgehead atoms. The van der Waals surface area contributed by atoms with E-state index >= 15 is 0 Å². The molecule has 2 aromatic rings. The van der Waals surface area contributed by atoms with Crippen LogP contribution in [0.25, 0.3) is 11.4 Å². The second-order valence-electron chi connectivity index (χ2n) is 7.92. The number of aryl methyl sites for hydroxylation is 1. The van der Waals surface area contributed by atoms with Gasteiger partial charge in [0.1, 0.15) is 0 Å². The van der Waals surface area contributed by atoms with Crippen molar-refractivity contribution in [2.45, 2.75) is 56.3 Å². The van der Waals surface area contributed by atoms with Gasteiger partial charge in [0.2, 0.25) is 11.1 Å². The molecule has 1 aromatic carbocycles. The first-order valence-corrected chi connectivity index (χ1v) is 12.9. The molecule has 2 fully saturated rings. The van der Waals surface area contributed by atoms with Gasteiger partial charge in [-0.3, -0.25) is 9.89 Å². The first-order valence-electron chi connectivity index (χ1n) is 10.0. The Labute approximate surface area is 175 Å². The molecule has 2 aliphatic rings. The number of carbonyl (C=O) groups excluding carboxylic acids is 1. The molecule has 7 nitrogen and oxygen atoms in total. The number of hydrogen-bond acceptors (Lipinski definition) is 6. The van der Waals surface area contributed by atoms with Crippen molar-refractivity contribution in [3.8, 4) is 11.4 Å². The average molecular weight is 435 g/mol. The standard InChI is InChI=1S/C20H26N4O3S2/c1-14-6-8-15(9-7-14)19-21-20(23-22-19)28-12-18(25)24(16-4-2-3-5-16)17-10-11-29(26,27)13-17/h6-9,16-17H,2-5,10-13H2,1H3,(H,21,22,23). The van der Waals surface area contributed by atoms with Gasteiger partial charge in [-0.1, -0.05) is 54.4 Å². The molecule has 1 atom stereocenters. The van der Waals surface area contributed by atoms with Crippen LogP contribution in [0.1, 0.15) is 37.7 Å². The Morgan fingerprint density at radius 1 is 1.17 bits per heavy atom. The molecule has 1 unspecified atom stereocenters. The smallest absolute Gasteiger partial charge is 0.233 e. The molecular weight excluding hydrogens is 408 g/mol. The van der Waals surface area contributed by atoms with Crippen molar-refractivity contribution in [2.24, 2.45) is 0 Å². The van der Waals surface area contributed by atoms with Crippen LogP contribution in [0.15, 0.2) is 29.4 Å². The van der Waals surface area contributed by atoms with Gasteiger partial charge < -0.3 is 4.90 Å². The minimum absolute atomic E-state index is 0.00862. The number of rotatable bonds is 6. The van der Waals surface area contributed by atoms with Crippen molar-refractivity contribution >= 4 is 27.5 Å². The normalized spacial score (nSPS) is 21.5. The van der Waals surface area contributed by atoms with Crippen LogP contribution >= 0.6 is 11.8 Å². The second kappa shape index (κ2) is 8.47. The predicted molar refractivity (Wildman–Crippen MR) is 113 cm³/mol. The predicted octanol–water partition coefficient (Wildman–Crippen LogP) is 2.83. The number of sulfone groups is 1. The number of thioether (sulfide) groups is 1. The van der Waals surface area contributed by atoms with Crippen molar-refractivity contribution in [3.05, 3.63) is 29.8 Å². The summed E-state index contributed by atoms with van der Waals surface area (Å²) < 4.78 is 23.9. The summed E-state index contributed by atoms with van der Waals surface area (Å²) in [5.41, 5.74) is 2.12. The Balaban J connectivity index is 1.42. The molecule has 0 radical (unpaired) electrons. The minimum atomic E-state index is -3.03. The van der Waals surface area contributed by atoms with Crippen molar-refractivity contribution in [2.75, 3.05) is 17.3 Å². The van der Waals surface area contributed by atoms with Crippen molar-refractivity contribution in [3.63, 3.8) is 0 Å². The van der Waals surface area contributed by atoms with Crippen LogP contribution in [0.5, 0.6) is 0 Å². The molecule has 1 N–H and O–H groups in total. The summed E-state index contributed by atoms with van der Waals surface area (Å²) in [5, 5.41) is 7.68. The summed E-state index contributed by atoms with van der Waals surface area (Å²) in [6.07, 6.45) is 4.67. The van der Waals surface area contributed by atoms with E-state index < -0.39 is 9.84 Å². The average Bonchev–Trinajstić information content (AvgIpc) is 3.43. The highest BCUT2D eigenvalue weighted by Crippen LogP contribution is 2.30. The zero-order valence-electron chi connectivity index (χ0n) is 16.5. The molecule has 1 saturated heterocycles. The van der Waals surface area contributed by atoms with Gasteiger partial charge in [0.15, 0.2) is 15.7 Å². The maximum atomic E-state index is 13.1. The maximum absolute atomic E-state index is 13.1. The number of aromatic nitrogens is 3. The van der Waals surface area contributed by atoms with E-state index in [0.717, 1.165) is 31.2 Å². The van der Waals surface area contributed by atoms with Gasteiger partial charge in [-0.05, 0) is 26.2 Å². The van der Waals surface area contributed by atoms with Crippen LogP contribution < -0.4 is 0 Å². The van der Waals surface area contributed by atoms with Crippen molar-refractivity contribution < 1.29 is 13.2 Å². The molecule has 2 heterocycles. The quantitative estimate of drug-likeness (QED) is 0.703. The van der Waals surface area contributed by atoms with E-state index in [-0.39, 0.29) is 35.2 Å². The third-order valence-corrected chi connectivity index (χ3v) is 8.30. The lowest BCUT2D eigenvalue weighted by Gasteiger charge is -2.34. The molecule has 156 valence electrons. The highest BCUT2D eigenvalue weighted by atomic mass is 32.2. The van der Waals surface area contributed by atoms with Crippen LogP contribution in [-0.2, 0) is 14.6 Å². The number of nitrogens with one attached hydrogen (secondary N) is 1. The largest absolute Gasteiger partial charge is 0.335 e. The second-order valence-corrected chi connectivity index (χ2v) is 11.1. The van der Waals surface area contributed by atoms with Gasteiger partial charge in [-0.25, -0.2) is 13.4 Å². The Hall–Kier alpha value is -1.87. The summed E-state index contributed by atoms with van der Waals surface area (Å²) >= 11 is 1.30. The van der Waals surface area contributed by atoms with E-state index in [1.165, 1.54) is 17.3 Å². The van der Waals surface area contributed by atoms with Crippen molar-refractivity contribution in [1.82, 2.24) is 20.1 Å². The topological polar surface area (TPSA) is 96.0 Å². The SMILES string of the molecule is Cc1ccc(-c2nc(SCC(=O)N(C3CCCC3)C3CCS(=O)(=O)C3)n[nH]2)cc1. The summed E-state index contributed by atoms with van der Waals surface area (Å²) in [6, 6.07) is 7.98. The highest BCUT2D eigenvalue weighted by molar-refractivity contribution is 7.99. The summed E-state index contributed by atoms with van der Waals surface area (Å²) in [5.74, 6) is 1.17. The lowest BCUT2D eigenvalue weighted by atomic mass is 10.1. The number of amides is 1. The van der Waals surface area contributed by atoms with E-state index in [1.54, 1.807) is 0 Å². The van der Waals surface area contributed by atoms with Gasteiger partial charge in [-0.15, -0.1) is 5.10 Å². The van der Waals surface area contributed by atoms with E-state index in [0.29, 0.717) is 17.4 Å². The van der Waals surface area contributed by atoms with Crippen LogP contribution in [-0.4, -0.2) is 63.7 Å². The van der Waals surface area contributed by atoms with Gasteiger partial charge in [0, 0.05) is 17.6 Å². The van der Waals surface area contributed by atoms with E-state index in [9.17, 15) is 13.2 Å². The Morgan fingerprint density at radius 3 is 2.55 bits per heavy atom. The molecule has 1 saturated carbocycles. The van der Waals surface area contributed by atoms with Crippen LogP contribution in [0.4, 0.5) is 0 Å². The van der Waals surface area contributed by atoms with E-state index in [2.05, 4.69) is 15.2 Å². The van der Waals surface area contributed by atoms with E-state index in [1.807, 2.05) is 36.1 Å². The summed E-state index contributed by atoms with van der Waals surface area (Å²) in [7, 11) is -3.03. The van der Waals surface area contributed by atoms with Gasteiger partial charge in [-0.2, -0.15) is 0 Å². The molecular formula is C20H26N4O3S2. The molecule has 1 aliphatic carbocycles. The molecule has 0 spiro atoms. The molecule has 4 rings (SSSR count). The molecule has 1 aromatic heterocycles. The van der Waals surface area contributed by atoms with Gasteiger partial charge in [0.05, 0.1) is 17.3 Å². The first kappa shape index (κ1) is 20.4. The first-order chi connectivity index (χ1) is 13.9. The fraction of sp³-hybridized carbons (Fsp3) is 0.550. The summed E-state index contributed by atoms with van der Waals surface area (Å²) in [4.78, 5) is 19.4. The number of carbonyl (C=O) groups is 1. The Kier molecular flexibility index (Phi) is 5.96. The fourth-order valence-corrected chi connectivity index (χ4v) is 6.61. The Morgan fingerprint density at radius 2 is 1.90 bits per heavy atom. The third-order valence-electron chi connectivity index (χ3n) is 5.72. The fourth-order valence-electron chi connectivity index (χ4n) is 4.23. The Bertz CT molecular complexity index is 966. The number of nitrogens with zero attached hydrogens (tertiary/aromatic N) is 3. The molecule has 1 amide bonds. The van der Waals surface area contributed by atoms with Crippen LogP contribution in [0, 0.1) is 6.92 Å². The zero-order valence-corrected chi connectivity index (χ0v) is 18.1. The number of benzene rings is 1. The number of H-pyrrole nitrogens is 1. The summed E-state index contributed by atoms with van der Waals surface area (Å²) in [6.45, 7) is 2.03. The maximum Gasteiger partial charge on any atom is 0.233 e. The lowest BCUT2D eigenvalue weighted by Crippen LogP contribution is -2.47. The monoisotopic (exact) mass is 434 g/mol. The third kappa shape index (κ3) is 4.83. The van der Waals surface area contributed by atoms with Gasteiger partial charge >= 0.3 is 0 Å². The highest BCUT2D eigenvalue weighted by Gasteiger charge is 2.38.